The van der Waals surface area contributed by atoms with Gasteiger partial charge in [0.1, 0.15) is 10.7 Å². The number of hydrogen-bond acceptors (Lipinski definition) is 7. The normalized spacial score (nSPS) is 12.9. The molecule has 0 aromatic carbocycles. The van der Waals surface area contributed by atoms with Gasteiger partial charge in [0.25, 0.3) is 5.89 Å². The quantitative estimate of drug-likeness (QED) is 0.899. The molecule has 0 radical (unpaired) electrons. The molecule has 1 atom stereocenters. The summed E-state index contributed by atoms with van der Waals surface area (Å²) in [6.45, 7) is 4.00. The molecule has 2 N–H and O–H groups in total. The Morgan fingerprint density at radius 3 is 3.00 bits per heavy atom. The van der Waals surface area contributed by atoms with E-state index in [2.05, 4.69) is 22.0 Å². The van der Waals surface area contributed by atoms with Crippen LogP contribution in [0.4, 0.5) is 0 Å². The predicted octanol–water partition coefficient (Wildman–Crippen LogP) is 2.47. The second-order valence-corrected chi connectivity index (χ2v) is 5.68. The molecule has 0 spiro atoms. The first kappa shape index (κ1) is 12.5. The Kier molecular flexibility index (Phi) is 4.14. The van der Waals surface area contributed by atoms with Crippen LogP contribution in [0.25, 0.3) is 11.6 Å². The van der Waals surface area contributed by atoms with E-state index in [0.29, 0.717) is 17.4 Å². The van der Waals surface area contributed by atoms with E-state index in [1.54, 1.807) is 11.8 Å². The average Bonchev–Trinajstić information content (AvgIpc) is 2.94. The van der Waals surface area contributed by atoms with Crippen molar-refractivity contribution in [2.24, 2.45) is 5.73 Å². The van der Waals surface area contributed by atoms with Gasteiger partial charge in [0.2, 0.25) is 0 Å². The third-order valence-corrected chi connectivity index (χ3v) is 3.95. The van der Waals surface area contributed by atoms with Crippen LogP contribution in [0.5, 0.6) is 0 Å². The summed E-state index contributed by atoms with van der Waals surface area (Å²) < 4.78 is 5.17. The fourth-order valence-corrected chi connectivity index (χ4v) is 2.46. The second kappa shape index (κ2) is 5.61. The highest BCUT2D eigenvalue weighted by molar-refractivity contribution is 7.98. The molecule has 5 nitrogen and oxygen atoms in total. The highest BCUT2D eigenvalue weighted by Gasteiger charge is 2.13. The summed E-state index contributed by atoms with van der Waals surface area (Å²) >= 11 is 3.27. The molecule has 0 amide bonds. The van der Waals surface area contributed by atoms with Crippen molar-refractivity contribution in [2.45, 2.75) is 25.6 Å². The summed E-state index contributed by atoms with van der Waals surface area (Å²) in [4.78, 5) is 8.66. The van der Waals surface area contributed by atoms with Crippen molar-refractivity contribution < 1.29 is 4.52 Å². The van der Waals surface area contributed by atoms with Gasteiger partial charge in [-0.2, -0.15) is 16.7 Å². The smallest absolute Gasteiger partial charge is 0.277 e. The number of thioether (sulfide) groups is 1. The van der Waals surface area contributed by atoms with Gasteiger partial charge in [-0.25, -0.2) is 4.98 Å². The fraction of sp³-hybridized carbons (Fsp3) is 0.500. The van der Waals surface area contributed by atoms with E-state index < -0.39 is 0 Å². The van der Waals surface area contributed by atoms with Crippen LogP contribution in [0.2, 0.25) is 0 Å². The zero-order chi connectivity index (χ0) is 12.3. The number of nitrogens with two attached hydrogens (primary N) is 1. The summed E-state index contributed by atoms with van der Waals surface area (Å²) in [7, 11) is 0. The Balaban J connectivity index is 2.13. The number of rotatable bonds is 5. The maximum absolute atomic E-state index is 5.75. The van der Waals surface area contributed by atoms with E-state index in [9.17, 15) is 0 Å². The van der Waals surface area contributed by atoms with Crippen LogP contribution in [0.3, 0.4) is 0 Å². The van der Waals surface area contributed by atoms with Crippen LogP contribution < -0.4 is 5.73 Å². The minimum atomic E-state index is -0.0632. The Morgan fingerprint density at radius 2 is 2.35 bits per heavy atom. The SMILES string of the molecule is CCSCc1noc(-c2csc(C(C)N)n2)n1. The standard InChI is InChI=1S/C10H14N4OS2/c1-3-16-5-8-13-9(15-14-8)7-4-17-10(12-7)6(2)11/h4,6H,3,5,11H2,1-2H3. The number of thiazole rings is 1. The molecule has 0 aliphatic carbocycles. The third kappa shape index (κ3) is 3.05. The molecule has 0 fully saturated rings. The van der Waals surface area contributed by atoms with Gasteiger partial charge in [-0.3, -0.25) is 0 Å². The molecule has 7 heteroatoms. The average molecular weight is 270 g/mol. The van der Waals surface area contributed by atoms with Crippen molar-refractivity contribution in [1.29, 1.82) is 0 Å². The lowest BCUT2D eigenvalue weighted by atomic mass is 10.4. The number of nitrogens with zero attached hydrogens (tertiary/aromatic N) is 3. The number of hydrogen-bond donors (Lipinski definition) is 1. The van der Waals surface area contributed by atoms with Gasteiger partial charge in [-0.15, -0.1) is 11.3 Å². The van der Waals surface area contributed by atoms with E-state index in [0.717, 1.165) is 16.5 Å². The fourth-order valence-electron chi connectivity index (χ4n) is 1.20. The van der Waals surface area contributed by atoms with Crippen molar-refractivity contribution in [1.82, 2.24) is 15.1 Å². The third-order valence-electron chi connectivity index (χ3n) is 2.03. The summed E-state index contributed by atoms with van der Waals surface area (Å²) in [5.41, 5.74) is 6.46. The highest BCUT2D eigenvalue weighted by Crippen LogP contribution is 2.23. The summed E-state index contributed by atoms with van der Waals surface area (Å²) in [6.07, 6.45) is 0. The van der Waals surface area contributed by atoms with Crippen LogP contribution in [0.15, 0.2) is 9.90 Å². The Bertz CT molecular complexity index is 480. The molecule has 1 unspecified atom stereocenters. The molecule has 2 heterocycles. The van der Waals surface area contributed by atoms with E-state index in [1.165, 1.54) is 11.3 Å². The van der Waals surface area contributed by atoms with Crippen LogP contribution in [-0.2, 0) is 5.75 Å². The molecule has 0 bridgehead atoms. The first-order valence-corrected chi connectivity index (χ1v) is 7.35. The molecule has 2 aromatic rings. The van der Waals surface area contributed by atoms with Gasteiger partial charge >= 0.3 is 0 Å². The highest BCUT2D eigenvalue weighted by atomic mass is 32.2. The van der Waals surface area contributed by atoms with Crippen molar-refractivity contribution in [2.75, 3.05) is 5.75 Å². The van der Waals surface area contributed by atoms with Crippen molar-refractivity contribution in [3.05, 3.63) is 16.2 Å². The summed E-state index contributed by atoms with van der Waals surface area (Å²) in [5.74, 6) is 2.99. The molecule has 92 valence electrons. The van der Waals surface area contributed by atoms with Gasteiger partial charge in [0.05, 0.1) is 11.8 Å². The molecule has 0 aliphatic rings. The zero-order valence-corrected chi connectivity index (χ0v) is 11.3. The van der Waals surface area contributed by atoms with E-state index in [4.69, 9.17) is 10.3 Å². The van der Waals surface area contributed by atoms with E-state index >= 15 is 0 Å². The van der Waals surface area contributed by atoms with Gasteiger partial charge in [-0.05, 0) is 12.7 Å². The topological polar surface area (TPSA) is 77.8 Å². The molecule has 0 saturated carbocycles. The maximum Gasteiger partial charge on any atom is 0.277 e. The summed E-state index contributed by atoms with van der Waals surface area (Å²) in [6, 6.07) is -0.0632. The predicted molar refractivity (Wildman–Crippen MR) is 69.8 cm³/mol. The van der Waals surface area contributed by atoms with Crippen LogP contribution in [0, 0.1) is 0 Å². The Labute approximate surface area is 108 Å². The molecule has 2 aromatic heterocycles. The molecular weight excluding hydrogens is 256 g/mol. The molecule has 0 saturated heterocycles. The first-order valence-electron chi connectivity index (χ1n) is 5.32. The molecular formula is C10H14N4OS2. The van der Waals surface area contributed by atoms with E-state index in [1.807, 2.05) is 12.3 Å². The lowest BCUT2D eigenvalue weighted by Gasteiger charge is -1.95. The van der Waals surface area contributed by atoms with E-state index in [-0.39, 0.29) is 6.04 Å². The Hall–Kier alpha value is -0.920. The van der Waals surface area contributed by atoms with Crippen molar-refractivity contribution >= 4 is 23.1 Å². The summed E-state index contributed by atoms with van der Waals surface area (Å²) in [5, 5.41) is 6.68. The second-order valence-electron chi connectivity index (χ2n) is 3.51. The van der Waals surface area contributed by atoms with Crippen LogP contribution in [-0.4, -0.2) is 20.9 Å². The minimum absolute atomic E-state index is 0.0632. The van der Waals surface area contributed by atoms with Crippen molar-refractivity contribution in [3.8, 4) is 11.6 Å². The van der Waals surface area contributed by atoms with Crippen LogP contribution >= 0.6 is 23.1 Å². The molecule has 2 rings (SSSR count). The Morgan fingerprint density at radius 1 is 1.53 bits per heavy atom. The van der Waals surface area contributed by atoms with Gasteiger partial charge in [-0.1, -0.05) is 12.1 Å². The molecule has 0 aliphatic heterocycles. The maximum atomic E-state index is 5.75. The minimum Gasteiger partial charge on any atom is -0.332 e. The van der Waals surface area contributed by atoms with Gasteiger partial charge in [0, 0.05) is 5.38 Å². The zero-order valence-electron chi connectivity index (χ0n) is 9.71. The van der Waals surface area contributed by atoms with Gasteiger partial charge in [0.15, 0.2) is 5.82 Å². The van der Waals surface area contributed by atoms with Crippen molar-refractivity contribution in [3.63, 3.8) is 0 Å². The van der Waals surface area contributed by atoms with Crippen LogP contribution in [0.1, 0.15) is 30.7 Å². The molecule has 17 heavy (non-hydrogen) atoms. The first-order chi connectivity index (χ1) is 8.20. The monoisotopic (exact) mass is 270 g/mol. The number of aromatic nitrogens is 3. The lowest BCUT2D eigenvalue weighted by Crippen LogP contribution is -2.03. The lowest BCUT2D eigenvalue weighted by molar-refractivity contribution is 0.424. The largest absolute Gasteiger partial charge is 0.332 e. The van der Waals surface area contributed by atoms with Gasteiger partial charge < -0.3 is 10.3 Å².